The average Bonchev–Trinajstić information content (AvgIpc) is 2.97. The first kappa shape index (κ1) is 16.1. The number of rotatable bonds is 6. The Morgan fingerprint density at radius 1 is 1.33 bits per heavy atom. The number of carbonyl (C=O) groups excluding carboxylic acids is 1. The van der Waals surface area contributed by atoms with E-state index in [4.69, 9.17) is 16.3 Å². The third kappa shape index (κ3) is 4.35. The van der Waals surface area contributed by atoms with Crippen LogP contribution in [0.15, 0.2) is 24.3 Å². The second-order valence-corrected chi connectivity index (χ2v) is 5.68. The Labute approximate surface area is 131 Å². The number of amides is 1. The molecule has 1 aliphatic heterocycles. The van der Waals surface area contributed by atoms with Crippen LogP contribution in [0.5, 0.6) is 5.75 Å². The zero-order valence-electron chi connectivity index (χ0n) is 12.7. The van der Waals surface area contributed by atoms with Crippen molar-refractivity contribution in [1.29, 1.82) is 0 Å². The molecule has 1 amide bonds. The first-order valence-electron chi connectivity index (χ1n) is 7.54. The average molecular weight is 311 g/mol. The van der Waals surface area contributed by atoms with Crippen molar-refractivity contribution in [3.05, 3.63) is 29.3 Å². The number of likely N-dealkylation sites (N-methyl/N-ethyl adjacent to an activating group) is 1. The van der Waals surface area contributed by atoms with Gasteiger partial charge < -0.3 is 9.64 Å². The first-order valence-corrected chi connectivity index (χ1v) is 7.92. The van der Waals surface area contributed by atoms with E-state index in [9.17, 15) is 4.79 Å². The summed E-state index contributed by atoms with van der Waals surface area (Å²) in [4.78, 5) is 16.5. The Morgan fingerprint density at radius 3 is 2.62 bits per heavy atom. The summed E-state index contributed by atoms with van der Waals surface area (Å²) in [5.74, 6) is 0.729. The monoisotopic (exact) mass is 310 g/mol. The number of ether oxygens (including phenoxy) is 1. The van der Waals surface area contributed by atoms with E-state index in [0.717, 1.165) is 32.6 Å². The Morgan fingerprint density at radius 2 is 2.00 bits per heavy atom. The summed E-state index contributed by atoms with van der Waals surface area (Å²) in [6.07, 6.45) is 1.05. The van der Waals surface area contributed by atoms with E-state index < -0.39 is 0 Å². The van der Waals surface area contributed by atoms with Crippen molar-refractivity contribution in [3.63, 3.8) is 0 Å². The van der Waals surface area contributed by atoms with Gasteiger partial charge in [-0.15, -0.1) is 0 Å². The third-order valence-electron chi connectivity index (χ3n) is 4.02. The van der Waals surface area contributed by atoms with Crippen LogP contribution in [0.1, 0.15) is 20.3 Å². The molecule has 0 aliphatic carbocycles. The zero-order chi connectivity index (χ0) is 15.2. The van der Waals surface area contributed by atoms with E-state index in [1.54, 1.807) is 24.3 Å². The molecule has 0 N–H and O–H groups in total. The molecular formula is C16H23ClN2O2. The van der Waals surface area contributed by atoms with Crippen molar-refractivity contribution in [2.45, 2.75) is 26.3 Å². The molecule has 21 heavy (non-hydrogen) atoms. The van der Waals surface area contributed by atoms with E-state index in [-0.39, 0.29) is 12.5 Å². The zero-order valence-corrected chi connectivity index (χ0v) is 13.5. The van der Waals surface area contributed by atoms with Crippen molar-refractivity contribution in [2.24, 2.45) is 0 Å². The van der Waals surface area contributed by atoms with Gasteiger partial charge in [0.1, 0.15) is 5.75 Å². The highest BCUT2D eigenvalue weighted by molar-refractivity contribution is 6.30. The van der Waals surface area contributed by atoms with Crippen LogP contribution in [-0.4, -0.2) is 54.5 Å². The van der Waals surface area contributed by atoms with Gasteiger partial charge in [-0.3, -0.25) is 9.69 Å². The van der Waals surface area contributed by atoms with Crippen molar-refractivity contribution in [2.75, 3.05) is 32.8 Å². The van der Waals surface area contributed by atoms with Gasteiger partial charge in [0.25, 0.3) is 5.91 Å². The van der Waals surface area contributed by atoms with Crippen molar-refractivity contribution < 1.29 is 9.53 Å². The molecule has 0 aromatic heterocycles. The van der Waals surface area contributed by atoms with Gasteiger partial charge in [-0.1, -0.05) is 25.4 Å². The van der Waals surface area contributed by atoms with Gasteiger partial charge in [0.15, 0.2) is 6.61 Å². The Hall–Kier alpha value is -1.26. The minimum absolute atomic E-state index is 0.0552. The summed E-state index contributed by atoms with van der Waals surface area (Å²) in [7, 11) is 0. The van der Waals surface area contributed by atoms with Gasteiger partial charge in [0.05, 0.1) is 0 Å². The van der Waals surface area contributed by atoms with Crippen LogP contribution in [0, 0.1) is 0 Å². The van der Waals surface area contributed by atoms with Crippen LogP contribution in [0.4, 0.5) is 0 Å². The van der Waals surface area contributed by atoms with Crippen LogP contribution in [0.25, 0.3) is 0 Å². The molecule has 0 saturated carbocycles. The molecule has 2 rings (SSSR count). The normalized spacial score (nSPS) is 18.3. The van der Waals surface area contributed by atoms with Crippen molar-refractivity contribution in [3.8, 4) is 5.75 Å². The number of carbonyl (C=O) groups is 1. The number of hydrogen-bond acceptors (Lipinski definition) is 3. The lowest BCUT2D eigenvalue weighted by molar-refractivity contribution is -0.132. The fraction of sp³-hybridized carbons (Fsp3) is 0.562. The number of benzene rings is 1. The summed E-state index contributed by atoms with van der Waals surface area (Å²) in [6.45, 7) is 8.12. The Balaban J connectivity index is 1.80. The first-order chi connectivity index (χ1) is 10.1. The lowest BCUT2D eigenvalue weighted by Crippen LogP contribution is -2.39. The molecule has 1 unspecified atom stereocenters. The van der Waals surface area contributed by atoms with E-state index in [1.165, 1.54) is 0 Å². The fourth-order valence-corrected chi connectivity index (χ4v) is 2.90. The molecule has 0 radical (unpaired) electrons. The fourth-order valence-electron chi connectivity index (χ4n) is 2.77. The predicted octanol–water partition coefficient (Wildman–Crippen LogP) is 2.66. The Kier molecular flexibility index (Phi) is 5.88. The third-order valence-corrected chi connectivity index (χ3v) is 4.27. The molecular weight excluding hydrogens is 288 g/mol. The topological polar surface area (TPSA) is 32.8 Å². The van der Waals surface area contributed by atoms with E-state index in [2.05, 4.69) is 18.7 Å². The summed E-state index contributed by atoms with van der Waals surface area (Å²) >= 11 is 5.82. The van der Waals surface area contributed by atoms with Crippen LogP contribution < -0.4 is 4.74 Å². The van der Waals surface area contributed by atoms with E-state index in [1.807, 2.05) is 4.90 Å². The van der Waals surface area contributed by atoms with Gasteiger partial charge in [0, 0.05) is 24.2 Å². The highest BCUT2D eigenvalue weighted by Gasteiger charge is 2.29. The minimum atomic E-state index is 0.0552. The van der Waals surface area contributed by atoms with Crippen molar-refractivity contribution >= 4 is 17.5 Å². The summed E-state index contributed by atoms with van der Waals surface area (Å²) in [6, 6.07) is 7.55. The molecule has 1 atom stereocenters. The van der Waals surface area contributed by atoms with Crippen LogP contribution in [0.3, 0.4) is 0 Å². The molecule has 1 saturated heterocycles. The maximum absolute atomic E-state index is 12.2. The minimum Gasteiger partial charge on any atom is -0.484 e. The van der Waals surface area contributed by atoms with Crippen LogP contribution in [0.2, 0.25) is 5.02 Å². The van der Waals surface area contributed by atoms with Gasteiger partial charge in [-0.2, -0.15) is 0 Å². The van der Waals surface area contributed by atoms with Gasteiger partial charge in [0.2, 0.25) is 0 Å². The molecule has 1 heterocycles. The van der Waals surface area contributed by atoms with E-state index >= 15 is 0 Å². The van der Waals surface area contributed by atoms with Crippen molar-refractivity contribution in [1.82, 2.24) is 9.80 Å². The quantitative estimate of drug-likeness (QED) is 0.810. The molecule has 116 valence electrons. The molecule has 5 heteroatoms. The second-order valence-electron chi connectivity index (χ2n) is 5.25. The van der Waals surface area contributed by atoms with Crippen LogP contribution in [-0.2, 0) is 4.79 Å². The number of nitrogens with zero attached hydrogens (tertiary/aromatic N) is 2. The van der Waals surface area contributed by atoms with Crippen LogP contribution >= 0.6 is 11.6 Å². The standard InChI is InChI=1S/C16H23ClN2O2/c1-3-18(4-2)14-9-10-19(11-14)16(20)12-21-15-7-5-13(17)6-8-15/h5-8,14H,3-4,9-12H2,1-2H3. The van der Waals surface area contributed by atoms with E-state index in [0.29, 0.717) is 16.8 Å². The SMILES string of the molecule is CCN(CC)C1CCN(C(=O)COc2ccc(Cl)cc2)C1. The number of likely N-dealkylation sites (tertiary alicyclic amines) is 1. The lowest BCUT2D eigenvalue weighted by Gasteiger charge is -2.26. The molecule has 0 bridgehead atoms. The summed E-state index contributed by atoms with van der Waals surface area (Å²) < 4.78 is 5.52. The number of halogens is 1. The molecule has 0 spiro atoms. The molecule has 4 nitrogen and oxygen atoms in total. The number of hydrogen-bond donors (Lipinski definition) is 0. The van der Waals surface area contributed by atoms with Gasteiger partial charge in [-0.25, -0.2) is 0 Å². The molecule has 1 aliphatic rings. The van der Waals surface area contributed by atoms with Gasteiger partial charge in [-0.05, 0) is 43.8 Å². The van der Waals surface area contributed by atoms with Gasteiger partial charge >= 0.3 is 0 Å². The smallest absolute Gasteiger partial charge is 0.260 e. The maximum Gasteiger partial charge on any atom is 0.260 e. The second kappa shape index (κ2) is 7.66. The highest BCUT2D eigenvalue weighted by Crippen LogP contribution is 2.17. The lowest BCUT2D eigenvalue weighted by atomic mass is 10.2. The molecule has 1 fully saturated rings. The summed E-state index contributed by atoms with van der Waals surface area (Å²) in [5.41, 5.74) is 0. The largest absolute Gasteiger partial charge is 0.484 e. The summed E-state index contributed by atoms with van der Waals surface area (Å²) in [5, 5.41) is 0.662. The Bertz CT molecular complexity index is 460. The highest BCUT2D eigenvalue weighted by atomic mass is 35.5. The maximum atomic E-state index is 12.2. The molecule has 1 aromatic carbocycles. The predicted molar refractivity (Wildman–Crippen MR) is 84.9 cm³/mol. The molecule has 1 aromatic rings.